The summed E-state index contributed by atoms with van der Waals surface area (Å²) >= 11 is 0. The molecule has 0 saturated carbocycles. The Morgan fingerprint density at radius 2 is 1.74 bits per heavy atom. The van der Waals surface area contributed by atoms with E-state index in [2.05, 4.69) is 12.1 Å². The molecule has 0 spiro atoms. The Bertz CT molecular complexity index is 762. The Balaban J connectivity index is 2.24. The maximum absolute atomic E-state index is 9.36. The number of rotatable bonds is 5. The van der Waals surface area contributed by atoms with Crippen LogP contribution in [-0.4, -0.2) is 25.3 Å². The van der Waals surface area contributed by atoms with Gasteiger partial charge in [0, 0.05) is 19.3 Å². The van der Waals surface area contributed by atoms with Crippen LogP contribution in [0.15, 0.2) is 48.5 Å². The molecule has 2 aromatic rings. The van der Waals surface area contributed by atoms with E-state index in [4.69, 9.17) is 10.4 Å². The van der Waals surface area contributed by atoms with E-state index < -0.39 is 0 Å². The fourth-order valence-electron chi connectivity index (χ4n) is 2.18. The van der Waals surface area contributed by atoms with Gasteiger partial charge in [0.1, 0.15) is 0 Å². The molecule has 0 bridgehead atoms. The Morgan fingerprint density at radius 3 is 2.26 bits per heavy atom. The lowest BCUT2D eigenvalue weighted by molar-refractivity contribution is 0.304. The van der Waals surface area contributed by atoms with Crippen molar-refractivity contribution in [3.8, 4) is 12.1 Å². The number of nitriles is 2. The van der Waals surface area contributed by atoms with E-state index in [0.29, 0.717) is 17.7 Å². The highest BCUT2D eigenvalue weighted by molar-refractivity contribution is 5.89. The van der Waals surface area contributed by atoms with Crippen molar-refractivity contribution in [3.05, 3.63) is 65.2 Å². The number of hydrogen-bond acceptors (Lipinski definition) is 4. The molecule has 2 aromatic carbocycles. The summed E-state index contributed by atoms with van der Waals surface area (Å²) in [6, 6.07) is 19.0. The number of nitrogens with zero attached hydrogens (tertiary/aromatic N) is 3. The minimum Gasteiger partial charge on any atom is -0.395 e. The maximum Gasteiger partial charge on any atom is 0.0998 e. The SMILES string of the molecule is CN(CCO)c1ccc(/C=C(\C#N)c2ccc(C#N)cc2)cc1. The normalized spacial score (nSPS) is 10.7. The van der Waals surface area contributed by atoms with Gasteiger partial charge >= 0.3 is 0 Å². The molecular weight excluding hydrogens is 286 g/mol. The number of allylic oxidation sites excluding steroid dienone is 1. The number of benzene rings is 2. The van der Waals surface area contributed by atoms with Crippen molar-refractivity contribution in [1.29, 1.82) is 10.5 Å². The second-order valence-electron chi connectivity index (χ2n) is 5.10. The molecule has 0 fully saturated rings. The van der Waals surface area contributed by atoms with Gasteiger partial charge in [-0.05, 0) is 41.5 Å². The van der Waals surface area contributed by atoms with E-state index >= 15 is 0 Å². The van der Waals surface area contributed by atoms with E-state index in [9.17, 15) is 5.26 Å². The number of aliphatic hydroxyl groups excluding tert-OH is 1. The Morgan fingerprint density at radius 1 is 1.09 bits per heavy atom. The molecule has 0 amide bonds. The van der Waals surface area contributed by atoms with Crippen LogP contribution in [0.5, 0.6) is 0 Å². The molecule has 4 nitrogen and oxygen atoms in total. The molecule has 114 valence electrons. The van der Waals surface area contributed by atoms with E-state index in [1.165, 1.54) is 0 Å². The van der Waals surface area contributed by atoms with Crippen LogP contribution in [0, 0.1) is 22.7 Å². The van der Waals surface area contributed by atoms with Gasteiger partial charge in [0.2, 0.25) is 0 Å². The van der Waals surface area contributed by atoms with Crippen LogP contribution in [-0.2, 0) is 0 Å². The van der Waals surface area contributed by atoms with Crippen molar-refractivity contribution >= 4 is 17.3 Å². The molecule has 2 rings (SSSR count). The van der Waals surface area contributed by atoms with Crippen molar-refractivity contribution in [1.82, 2.24) is 0 Å². The summed E-state index contributed by atoms with van der Waals surface area (Å²) in [6.07, 6.45) is 1.82. The number of anilines is 1. The highest BCUT2D eigenvalue weighted by atomic mass is 16.3. The van der Waals surface area contributed by atoms with Gasteiger partial charge in [0.15, 0.2) is 0 Å². The first kappa shape index (κ1) is 16.3. The first-order valence-corrected chi connectivity index (χ1v) is 7.22. The molecule has 0 saturated heterocycles. The van der Waals surface area contributed by atoms with Crippen LogP contribution >= 0.6 is 0 Å². The molecule has 4 heteroatoms. The molecule has 0 unspecified atom stereocenters. The minimum atomic E-state index is 0.107. The summed E-state index contributed by atoms with van der Waals surface area (Å²) < 4.78 is 0. The van der Waals surface area contributed by atoms with Crippen LogP contribution in [0.2, 0.25) is 0 Å². The Kier molecular flexibility index (Phi) is 5.52. The zero-order valence-electron chi connectivity index (χ0n) is 12.9. The van der Waals surface area contributed by atoms with Crippen LogP contribution in [0.4, 0.5) is 5.69 Å². The smallest absolute Gasteiger partial charge is 0.0998 e. The fourth-order valence-corrected chi connectivity index (χ4v) is 2.18. The summed E-state index contributed by atoms with van der Waals surface area (Å²) in [5, 5.41) is 27.1. The van der Waals surface area contributed by atoms with E-state index in [-0.39, 0.29) is 6.61 Å². The topological polar surface area (TPSA) is 71.0 Å². The van der Waals surface area contributed by atoms with Gasteiger partial charge < -0.3 is 10.0 Å². The number of aliphatic hydroxyl groups is 1. The third-order valence-electron chi connectivity index (χ3n) is 3.53. The number of hydrogen-bond donors (Lipinski definition) is 1. The monoisotopic (exact) mass is 303 g/mol. The van der Waals surface area contributed by atoms with Crippen molar-refractivity contribution < 1.29 is 5.11 Å². The van der Waals surface area contributed by atoms with E-state index in [0.717, 1.165) is 16.8 Å². The maximum atomic E-state index is 9.36. The van der Waals surface area contributed by atoms with Crippen LogP contribution in [0.3, 0.4) is 0 Å². The predicted molar refractivity (Wildman–Crippen MR) is 91.4 cm³/mol. The van der Waals surface area contributed by atoms with Gasteiger partial charge in [-0.3, -0.25) is 0 Å². The third-order valence-corrected chi connectivity index (χ3v) is 3.53. The average molecular weight is 303 g/mol. The minimum absolute atomic E-state index is 0.107. The lowest BCUT2D eigenvalue weighted by atomic mass is 10.0. The summed E-state index contributed by atoms with van der Waals surface area (Å²) in [5.41, 5.74) is 3.83. The highest BCUT2D eigenvalue weighted by Gasteiger charge is 2.03. The zero-order valence-corrected chi connectivity index (χ0v) is 12.9. The third kappa shape index (κ3) is 4.20. The summed E-state index contributed by atoms with van der Waals surface area (Å²) in [4.78, 5) is 1.96. The largest absolute Gasteiger partial charge is 0.395 e. The van der Waals surface area contributed by atoms with E-state index in [1.54, 1.807) is 24.3 Å². The number of likely N-dealkylation sites (N-methyl/N-ethyl adjacent to an activating group) is 1. The van der Waals surface area contributed by atoms with Gasteiger partial charge in [0.05, 0.1) is 29.9 Å². The molecule has 0 aliphatic rings. The Labute approximate surface area is 136 Å². The fraction of sp³-hybridized carbons (Fsp3) is 0.158. The first-order chi connectivity index (χ1) is 11.2. The van der Waals surface area contributed by atoms with Crippen molar-refractivity contribution in [2.45, 2.75) is 0 Å². The van der Waals surface area contributed by atoms with Gasteiger partial charge in [-0.1, -0.05) is 24.3 Å². The van der Waals surface area contributed by atoms with E-state index in [1.807, 2.05) is 42.3 Å². The molecule has 23 heavy (non-hydrogen) atoms. The standard InChI is InChI=1S/C19H17N3O/c1-22(10-11-23)19-8-4-15(5-9-19)12-18(14-21)17-6-2-16(13-20)3-7-17/h2-9,12,23H,10-11H2,1H3/b18-12+. The van der Waals surface area contributed by atoms with Gasteiger partial charge in [0.25, 0.3) is 0 Å². The van der Waals surface area contributed by atoms with Crippen LogP contribution in [0.25, 0.3) is 11.6 Å². The Hall–Kier alpha value is -3.08. The second kappa shape index (κ2) is 7.79. The summed E-state index contributed by atoms with van der Waals surface area (Å²) in [5.74, 6) is 0. The lowest BCUT2D eigenvalue weighted by Crippen LogP contribution is -2.20. The average Bonchev–Trinajstić information content (AvgIpc) is 2.60. The first-order valence-electron chi connectivity index (χ1n) is 7.22. The highest BCUT2D eigenvalue weighted by Crippen LogP contribution is 2.20. The van der Waals surface area contributed by atoms with Crippen molar-refractivity contribution in [3.63, 3.8) is 0 Å². The van der Waals surface area contributed by atoms with Crippen LogP contribution < -0.4 is 4.90 Å². The second-order valence-corrected chi connectivity index (χ2v) is 5.10. The molecule has 0 heterocycles. The predicted octanol–water partition coefficient (Wildman–Crippen LogP) is 3.05. The van der Waals surface area contributed by atoms with Gasteiger partial charge in [-0.2, -0.15) is 10.5 Å². The summed E-state index contributed by atoms with van der Waals surface area (Å²) in [6.45, 7) is 0.680. The van der Waals surface area contributed by atoms with Crippen molar-refractivity contribution in [2.75, 3.05) is 25.1 Å². The quantitative estimate of drug-likeness (QED) is 0.680. The zero-order chi connectivity index (χ0) is 16.7. The van der Waals surface area contributed by atoms with Crippen LogP contribution in [0.1, 0.15) is 16.7 Å². The van der Waals surface area contributed by atoms with Crippen molar-refractivity contribution in [2.24, 2.45) is 0 Å². The van der Waals surface area contributed by atoms with Gasteiger partial charge in [-0.25, -0.2) is 0 Å². The summed E-state index contributed by atoms with van der Waals surface area (Å²) in [7, 11) is 1.92. The molecule has 0 atom stereocenters. The molecule has 0 aliphatic carbocycles. The molecular formula is C19H17N3O. The molecule has 1 N–H and O–H groups in total. The van der Waals surface area contributed by atoms with Gasteiger partial charge in [-0.15, -0.1) is 0 Å². The molecule has 0 aliphatic heterocycles. The molecule has 0 radical (unpaired) electrons. The molecule has 0 aromatic heterocycles. The lowest BCUT2D eigenvalue weighted by Gasteiger charge is -2.17.